The molecular formula is C38H67N2+. The monoisotopic (exact) mass is 552 g/mol. The van der Waals surface area contributed by atoms with Crippen molar-refractivity contribution in [3.63, 3.8) is 0 Å². The summed E-state index contributed by atoms with van der Waals surface area (Å²) in [7, 11) is 0. The van der Waals surface area contributed by atoms with E-state index >= 15 is 0 Å². The van der Waals surface area contributed by atoms with Gasteiger partial charge in [-0.15, -0.1) is 0 Å². The average molecular weight is 552 g/mol. The van der Waals surface area contributed by atoms with Crippen LogP contribution in [-0.2, 0) is 0 Å². The van der Waals surface area contributed by atoms with Crippen molar-refractivity contribution in [2.75, 3.05) is 19.6 Å². The number of allylic oxidation sites excluding steroid dienone is 2. The van der Waals surface area contributed by atoms with E-state index in [0.717, 1.165) is 6.54 Å². The second-order valence-corrected chi connectivity index (χ2v) is 12.8. The third-order valence-corrected chi connectivity index (χ3v) is 9.17. The molecule has 2 heterocycles. The largest absolute Gasteiger partial charge is 0.294 e. The highest BCUT2D eigenvalue weighted by Crippen LogP contribution is 2.26. The summed E-state index contributed by atoms with van der Waals surface area (Å²) in [4.78, 5) is 4.20. The van der Waals surface area contributed by atoms with Crippen molar-refractivity contribution in [3.05, 3.63) is 48.4 Å². The molecule has 1 unspecified atom stereocenters. The highest BCUT2D eigenvalue weighted by Gasteiger charge is 2.26. The summed E-state index contributed by atoms with van der Waals surface area (Å²) < 4.78 is 1.17. The van der Waals surface area contributed by atoms with Crippen molar-refractivity contribution in [2.24, 2.45) is 0 Å². The molecule has 0 amide bonds. The van der Waals surface area contributed by atoms with Crippen molar-refractivity contribution in [1.29, 1.82) is 0 Å². The van der Waals surface area contributed by atoms with Gasteiger partial charge in [0.2, 0.25) is 0 Å². The molecule has 0 aliphatic carbocycles. The molecule has 40 heavy (non-hydrogen) atoms. The minimum Gasteiger partial charge on any atom is -0.294 e. The van der Waals surface area contributed by atoms with Crippen LogP contribution in [0, 0.1) is 0 Å². The van der Waals surface area contributed by atoms with Gasteiger partial charge in [-0.1, -0.05) is 142 Å². The van der Waals surface area contributed by atoms with Gasteiger partial charge in [0.05, 0.1) is 19.3 Å². The quantitative estimate of drug-likeness (QED) is 0.0782. The topological polar surface area (TPSA) is 12.9 Å². The molecule has 1 atom stereocenters. The summed E-state index contributed by atoms with van der Waals surface area (Å²) >= 11 is 0. The van der Waals surface area contributed by atoms with Gasteiger partial charge in [-0.25, -0.2) is 0 Å². The van der Waals surface area contributed by atoms with Crippen molar-refractivity contribution >= 4 is 5.57 Å². The van der Waals surface area contributed by atoms with Crippen LogP contribution in [0.4, 0.5) is 0 Å². The molecular weight excluding hydrogens is 484 g/mol. The SMILES string of the molecule is CCCCCCCCCCCCCCCC[N+]1(CCCCCCCCCCCC)C=CC(c2ccncc2)=CC1. The molecule has 0 radical (unpaired) electrons. The van der Waals surface area contributed by atoms with Crippen LogP contribution in [-0.4, -0.2) is 29.1 Å². The lowest BCUT2D eigenvalue weighted by Crippen LogP contribution is -2.45. The number of pyridine rings is 1. The van der Waals surface area contributed by atoms with Crippen LogP contribution < -0.4 is 0 Å². The standard InChI is InChI=1S/C38H67N2/c1-3-5-7-9-11-13-15-16-17-18-20-22-24-26-34-40(33-25-23-21-19-14-12-10-8-6-4-2)35-29-38(30-36-40)37-27-31-39-32-28-37/h27-32,35H,3-26,33-34,36H2,1-2H3/q+1. The molecule has 0 bridgehead atoms. The molecule has 1 aromatic rings. The number of hydrogen-bond donors (Lipinski definition) is 0. The number of unbranched alkanes of at least 4 members (excludes halogenated alkanes) is 22. The summed E-state index contributed by atoms with van der Waals surface area (Å²) in [6.45, 7) is 8.39. The first kappa shape index (κ1) is 34.8. The maximum absolute atomic E-state index is 4.20. The van der Waals surface area contributed by atoms with Gasteiger partial charge in [-0.05, 0) is 61.1 Å². The molecule has 2 nitrogen and oxygen atoms in total. The van der Waals surface area contributed by atoms with Crippen LogP contribution in [0.2, 0.25) is 0 Å². The first-order valence-corrected chi connectivity index (χ1v) is 18.0. The van der Waals surface area contributed by atoms with E-state index in [4.69, 9.17) is 0 Å². The van der Waals surface area contributed by atoms with E-state index in [1.54, 1.807) is 0 Å². The fraction of sp³-hybridized carbons (Fsp3) is 0.763. The first-order valence-electron chi connectivity index (χ1n) is 18.0. The molecule has 0 fully saturated rings. The van der Waals surface area contributed by atoms with Crippen LogP contribution in [0.25, 0.3) is 5.57 Å². The zero-order chi connectivity index (χ0) is 28.4. The van der Waals surface area contributed by atoms with Crippen LogP contribution in [0.5, 0.6) is 0 Å². The van der Waals surface area contributed by atoms with E-state index < -0.39 is 0 Å². The molecule has 0 saturated carbocycles. The summed E-state index contributed by atoms with van der Waals surface area (Å²) in [6.07, 6.45) is 45.6. The van der Waals surface area contributed by atoms with Gasteiger partial charge < -0.3 is 0 Å². The molecule has 1 aliphatic heterocycles. The Morgan fingerprint density at radius 1 is 0.525 bits per heavy atom. The number of hydrogen-bond acceptors (Lipinski definition) is 1. The molecule has 1 aromatic heterocycles. The molecule has 1 aliphatic rings. The molecule has 0 N–H and O–H groups in total. The highest BCUT2D eigenvalue weighted by molar-refractivity contribution is 5.74. The Balaban J connectivity index is 1.62. The van der Waals surface area contributed by atoms with Crippen molar-refractivity contribution in [1.82, 2.24) is 4.98 Å². The Bertz CT molecular complexity index is 752. The Hall–Kier alpha value is -1.41. The molecule has 2 rings (SSSR count). The Morgan fingerprint density at radius 2 is 0.900 bits per heavy atom. The van der Waals surface area contributed by atoms with Crippen LogP contribution in [0.3, 0.4) is 0 Å². The van der Waals surface area contributed by atoms with E-state index in [-0.39, 0.29) is 0 Å². The van der Waals surface area contributed by atoms with Gasteiger partial charge in [0.15, 0.2) is 0 Å². The second-order valence-electron chi connectivity index (χ2n) is 12.8. The Morgan fingerprint density at radius 3 is 1.25 bits per heavy atom. The highest BCUT2D eigenvalue weighted by atomic mass is 15.3. The fourth-order valence-electron chi connectivity index (χ4n) is 6.38. The number of quaternary nitrogens is 1. The minimum atomic E-state index is 1.16. The number of nitrogens with zero attached hydrogens (tertiary/aromatic N) is 2. The summed E-state index contributed by atoms with van der Waals surface area (Å²) in [5.74, 6) is 0. The lowest BCUT2D eigenvalue weighted by Gasteiger charge is -2.36. The maximum Gasteiger partial charge on any atom is 0.102 e. The first-order chi connectivity index (χ1) is 19.8. The summed E-state index contributed by atoms with van der Waals surface area (Å²) in [6, 6.07) is 4.29. The predicted molar refractivity (Wildman–Crippen MR) is 178 cm³/mol. The summed E-state index contributed by atoms with van der Waals surface area (Å²) in [5.41, 5.74) is 2.68. The van der Waals surface area contributed by atoms with Crippen molar-refractivity contribution < 1.29 is 4.48 Å². The zero-order valence-corrected chi connectivity index (χ0v) is 27.0. The maximum atomic E-state index is 4.20. The zero-order valence-electron chi connectivity index (χ0n) is 27.0. The number of rotatable bonds is 27. The van der Waals surface area contributed by atoms with Gasteiger partial charge in [0.1, 0.15) is 6.54 Å². The van der Waals surface area contributed by atoms with Gasteiger partial charge in [0.25, 0.3) is 0 Å². The molecule has 2 heteroatoms. The average Bonchev–Trinajstić information content (AvgIpc) is 2.99. The molecule has 228 valence electrons. The number of aromatic nitrogens is 1. The lowest BCUT2D eigenvalue weighted by molar-refractivity contribution is -0.874. The normalized spacial score (nSPS) is 16.9. The van der Waals surface area contributed by atoms with Crippen LogP contribution >= 0.6 is 0 Å². The summed E-state index contributed by atoms with van der Waals surface area (Å²) in [5, 5.41) is 0. The molecule has 0 aromatic carbocycles. The van der Waals surface area contributed by atoms with Crippen LogP contribution in [0.1, 0.15) is 174 Å². The van der Waals surface area contributed by atoms with E-state index in [0.29, 0.717) is 0 Å². The van der Waals surface area contributed by atoms with Crippen molar-refractivity contribution in [3.8, 4) is 0 Å². The van der Waals surface area contributed by atoms with Crippen LogP contribution in [0.15, 0.2) is 42.9 Å². The Labute approximate surface area is 250 Å². The van der Waals surface area contributed by atoms with Gasteiger partial charge in [0, 0.05) is 12.4 Å². The smallest absolute Gasteiger partial charge is 0.102 e. The van der Waals surface area contributed by atoms with E-state index in [1.807, 2.05) is 12.4 Å². The predicted octanol–water partition coefficient (Wildman–Crippen LogP) is 12.2. The minimum absolute atomic E-state index is 1.16. The third-order valence-electron chi connectivity index (χ3n) is 9.17. The van der Waals surface area contributed by atoms with Crippen molar-refractivity contribution in [2.45, 2.75) is 168 Å². The lowest BCUT2D eigenvalue weighted by atomic mass is 10.0. The third kappa shape index (κ3) is 16.8. The molecule has 0 spiro atoms. The van der Waals surface area contributed by atoms with Gasteiger partial charge in [-0.2, -0.15) is 0 Å². The fourth-order valence-corrected chi connectivity index (χ4v) is 6.38. The van der Waals surface area contributed by atoms with E-state index in [2.05, 4.69) is 49.3 Å². The second kappa shape index (κ2) is 24.2. The van der Waals surface area contributed by atoms with E-state index in [9.17, 15) is 0 Å². The Kier molecular flexibility index (Phi) is 21.1. The molecule has 0 saturated heterocycles. The van der Waals surface area contributed by atoms with Gasteiger partial charge in [-0.3, -0.25) is 9.47 Å². The van der Waals surface area contributed by atoms with E-state index in [1.165, 1.54) is 183 Å². The van der Waals surface area contributed by atoms with Gasteiger partial charge >= 0.3 is 0 Å².